The van der Waals surface area contributed by atoms with Crippen molar-refractivity contribution in [3.63, 3.8) is 0 Å². The van der Waals surface area contributed by atoms with Crippen LogP contribution >= 0.6 is 0 Å². The molecule has 1 N–H and O–H groups in total. The Hall–Kier alpha value is -1.26. The van der Waals surface area contributed by atoms with Gasteiger partial charge in [0.2, 0.25) is 0 Å². The van der Waals surface area contributed by atoms with Crippen molar-refractivity contribution in [3.8, 4) is 0 Å². The maximum atomic E-state index is 12.3. The van der Waals surface area contributed by atoms with Crippen LogP contribution in [-0.2, 0) is 4.79 Å². The molecule has 1 fully saturated rings. The maximum absolute atomic E-state index is 12.3. The molecule has 2 amide bonds. The van der Waals surface area contributed by atoms with E-state index in [-0.39, 0.29) is 31.1 Å². The number of carboxylic acid groups (broad SMARTS) is 1. The fourth-order valence-corrected chi connectivity index (χ4v) is 2.06. The Balaban J connectivity index is 2.59. The van der Waals surface area contributed by atoms with Crippen molar-refractivity contribution in [1.82, 2.24) is 9.80 Å². The smallest absolute Gasteiger partial charge is 0.320 e. The van der Waals surface area contributed by atoms with Crippen LogP contribution in [0.2, 0.25) is 0 Å². The zero-order chi connectivity index (χ0) is 13.9. The number of hydrogen-bond acceptors (Lipinski definition) is 2. The Labute approximate surface area is 109 Å². The van der Waals surface area contributed by atoms with Gasteiger partial charge < -0.3 is 14.9 Å². The second kappa shape index (κ2) is 6.07. The van der Waals surface area contributed by atoms with Gasteiger partial charge in [-0.3, -0.25) is 4.79 Å². The van der Waals surface area contributed by atoms with E-state index in [1.54, 1.807) is 9.80 Å². The Bertz CT molecular complexity index is 313. The van der Waals surface area contributed by atoms with Gasteiger partial charge >= 0.3 is 12.0 Å². The predicted octanol–water partition coefficient (Wildman–Crippen LogP) is 2.02. The van der Waals surface area contributed by atoms with Crippen LogP contribution in [0.4, 0.5) is 4.79 Å². The van der Waals surface area contributed by atoms with Crippen molar-refractivity contribution in [3.05, 3.63) is 0 Å². The molecule has 0 aromatic heterocycles. The molecule has 1 aliphatic carbocycles. The molecular formula is C13H24N2O3. The quantitative estimate of drug-likeness (QED) is 0.791. The summed E-state index contributed by atoms with van der Waals surface area (Å²) >= 11 is 0. The van der Waals surface area contributed by atoms with Gasteiger partial charge in [0.05, 0.1) is 6.42 Å². The first kappa shape index (κ1) is 14.8. The molecule has 0 saturated heterocycles. The zero-order valence-corrected chi connectivity index (χ0v) is 11.7. The number of nitrogens with zero attached hydrogens (tertiary/aromatic N) is 2. The van der Waals surface area contributed by atoms with E-state index >= 15 is 0 Å². The summed E-state index contributed by atoms with van der Waals surface area (Å²) < 4.78 is 0. The SMILES string of the molecule is CC(C1CC1)N(C)C(=O)N(CCC(=O)O)C(C)C. The topological polar surface area (TPSA) is 60.9 Å². The predicted molar refractivity (Wildman–Crippen MR) is 69.4 cm³/mol. The van der Waals surface area contributed by atoms with Crippen LogP contribution in [0, 0.1) is 5.92 Å². The minimum Gasteiger partial charge on any atom is -0.481 e. The molecular weight excluding hydrogens is 232 g/mol. The van der Waals surface area contributed by atoms with Gasteiger partial charge in [-0.25, -0.2) is 4.79 Å². The number of carbonyl (C=O) groups excluding carboxylic acids is 1. The van der Waals surface area contributed by atoms with Gasteiger partial charge in [0.1, 0.15) is 0 Å². The van der Waals surface area contributed by atoms with E-state index in [2.05, 4.69) is 6.92 Å². The summed E-state index contributed by atoms with van der Waals surface area (Å²) in [4.78, 5) is 26.3. The van der Waals surface area contributed by atoms with Gasteiger partial charge in [0.15, 0.2) is 0 Å². The largest absolute Gasteiger partial charge is 0.481 e. The van der Waals surface area contributed by atoms with Gasteiger partial charge in [0, 0.05) is 25.7 Å². The van der Waals surface area contributed by atoms with E-state index in [0.29, 0.717) is 5.92 Å². The van der Waals surface area contributed by atoms with Crippen LogP contribution < -0.4 is 0 Å². The van der Waals surface area contributed by atoms with Gasteiger partial charge in [-0.05, 0) is 39.5 Å². The van der Waals surface area contributed by atoms with Crippen LogP contribution in [0.25, 0.3) is 0 Å². The molecule has 0 heterocycles. The first-order chi connectivity index (χ1) is 8.34. The minimum absolute atomic E-state index is 0.00440. The Morgan fingerprint density at radius 2 is 1.83 bits per heavy atom. The van der Waals surface area contributed by atoms with Crippen molar-refractivity contribution in [2.45, 2.75) is 52.1 Å². The summed E-state index contributed by atoms with van der Waals surface area (Å²) in [6.45, 7) is 6.16. The van der Waals surface area contributed by atoms with Gasteiger partial charge in [-0.1, -0.05) is 0 Å². The lowest BCUT2D eigenvalue weighted by Gasteiger charge is -2.34. The first-order valence-corrected chi connectivity index (χ1v) is 6.59. The number of urea groups is 1. The molecule has 1 atom stereocenters. The summed E-state index contributed by atoms with van der Waals surface area (Å²) in [6, 6.07) is 0.194. The number of rotatable bonds is 6. The third-order valence-corrected chi connectivity index (χ3v) is 3.65. The molecule has 18 heavy (non-hydrogen) atoms. The Morgan fingerprint density at radius 3 is 2.22 bits per heavy atom. The fraction of sp³-hybridized carbons (Fsp3) is 0.846. The average molecular weight is 256 g/mol. The van der Waals surface area contributed by atoms with E-state index in [0.717, 1.165) is 0 Å². The number of carboxylic acids is 1. The van der Waals surface area contributed by atoms with E-state index < -0.39 is 5.97 Å². The molecule has 1 unspecified atom stereocenters. The lowest BCUT2D eigenvalue weighted by Crippen LogP contribution is -2.49. The summed E-state index contributed by atoms with van der Waals surface area (Å²) in [6.07, 6.45) is 2.38. The maximum Gasteiger partial charge on any atom is 0.320 e. The number of amides is 2. The third kappa shape index (κ3) is 3.89. The van der Waals surface area contributed by atoms with Crippen molar-refractivity contribution in [2.75, 3.05) is 13.6 Å². The molecule has 104 valence electrons. The lowest BCUT2D eigenvalue weighted by molar-refractivity contribution is -0.137. The lowest BCUT2D eigenvalue weighted by atomic mass is 10.2. The Morgan fingerprint density at radius 1 is 1.28 bits per heavy atom. The minimum atomic E-state index is -0.869. The number of carbonyl (C=O) groups is 2. The second-order valence-electron chi connectivity index (χ2n) is 5.40. The molecule has 0 bridgehead atoms. The highest BCUT2D eigenvalue weighted by molar-refractivity contribution is 5.76. The molecule has 1 rings (SSSR count). The van der Waals surface area contributed by atoms with E-state index in [4.69, 9.17) is 5.11 Å². The molecule has 5 heteroatoms. The normalized spacial score (nSPS) is 16.5. The number of hydrogen-bond donors (Lipinski definition) is 1. The van der Waals surface area contributed by atoms with Crippen LogP contribution in [0.3, 0.4) is 0 Å². The third-order valence-electron chi connectivity index (χ3n) is 3.65. The average Bonchev–Trinajstić information content (AvgIpc) is 3.09. The molecule has 0 radical (unpaired) electrons. The highest BCUT2D eigenvalue weighted by Crippen LogP contribution is 2.35. The summed E-state index contributed by atoms with van der Waals surface area (Å²) in [5.41, 5.74) is 0. The summed E-state index contributed by atoms with van der Waals surface area (Å²) in [5, 5.41) is 8.72. The first-order valence-electron chi connectivity index (χ1n) is 6.59. The molecule has 0 aromatic carbocycles. The van der Waals surface area contributed by atoms with Gasteiger partial charge in [0.25, 0.3) is 0 Å². The number of aliphatic carboxylic acids is 1. The van der Waals surface area contributed by atoms with Crippen molar-refractivity contribution >= 4 is 12.0 Å². The van der Waals surface area contributed by atoms with E-state index in [1.165, 1.54) is 12.8 Å². The van der Waals surface area contributed by atoms with Crippen LogP contribution in [0.15, 0.2) is 0 Å². The highest BCUT2D eigenvalue weighted by Gasteiger charge is 2.34. The van der Waals surface area contributed by atoms with Crippen molar-refractivity contribution in [1.29, 1.82) is 0 Å². The summed E-state index contributed by atoms with van der Waals surface area (Å²) in [5.74, 6) is -0.251. The van der Waals surface area contributed by atoms with Crippen molar-refractivity contribution in [2.24, 2.45) is 5.92 Å². The Kier molecular flexibility index (Phi) is 4.99. The molecule has 5 nitrogen and oxygen atoms in total. The van der Waals surface area contributed by atoms with Crippen LogP contribution in [0.1, 0.15) is 40.0 Å². The summed E-state index contributed by atoms with van der Waals surface area (Å²) in [7, 11) is 1.81. The van der Waals surface area contributed by atoms with Gasteiger partial charge in [-0.2, -0.15) is 0 Å². The zero-order valence-electron chi connectivity index (χ0n) is 11.7. The second-order valence-corrected chi connectivity index (χ2v) is 5.40. The van der Waals surface area contributed by atoms with Gasteiger partial charge in [-0.15, -0.1) is 0 Å². The molecule has 0 aliphatic heterocycles. The van der Waals surface area contributed by atoms with Crippen molar-refractivity contribution < 1.29 is 14.7 Å². The molecule has 1 aliphatic rings. The monoisotopic (exact) mass is 256 g/mol. The molecule has 1 saturated carbocycles. The van der Waals surface area contributed by atoms with Crippen LogP contribution in [-0.4, -0.2) is 52.6 Å². The molecule has 0 aromatic rings. The fourth-order valence-electron chi connectivity index (χ4n) is 2.06. The van der Waals surface area contributed by atoms with E-state index in [1.807, 2.05) is 20.9 Å². The standard InChI is InChI=1S/C13H24N2O3/c1-9(2)15(8-7-12(16)17)13(18)14(4)10(3)11-5-6-11/h9-11H,5-8H2,1-4H3,(H,16,17). The van der Waals surface area contributed by atoms with E-state index in [9.17, 15) is 9.59 Å². The van der Waals surface area contributed by atoms with Crippen LogP contribution in [0.5, 0.6) is 0 Å². The molecule has 0 spiro atoms. The highest BCUT2D eigenvalue weighted by atomic mass is 16.4.